The molecule has 6 heteroatoms. The Kier molecular flexibility index (Phi) is 5.38. The van der Waals surface area contributed by atoms with E-state index in [4.69, 9.17) is 22.1 Å². The van der Waals surface area contributed by atoms with Crippen LogP contribution in [0.2, 0.25) is 5.02 Å². The number of halogens is 1. The number of nitrogens with two attached hydrogens (primary N) is 1. The molecule has 0 spiro atoms. The minimum Gasteiger partial charge on any atom is -0.492 e. The Morgan fingerprint density at radius 3 is 2.85 bits per heavy atom. The van der Waals surface area contributed by atoms with Gasteiger partial charge in [-0.2, -0.15) is 5.10 Å². The first-order valence-electron chi connectivity index (χ1n) is 6.69. The van der Waals surface area contributed by atoms with Gasteiger partial charge in [-0.05, 0) is 43.1 Å². The van der Waals surface area contributed by atoms with Crippen LogP contribution in [0.15, 0.2) is 23.3 Å². The monoisotopic (exact) mass is 295 g/mol. The van der Waals surface area contributed by atoms with Crippen molar-refractivity contribution >= 4 is 23.2 Å². The summed E-state index contributed by atoms with van der Waals surface area (Å²) in [4.78, 5) is 11.1. The molecule has 0 aliphatic carbocycles. The van der Waals surface area contributed by atoms with Crippen molar-refractivity contribution in [2.75, 3.05) is 13.2 Å². The molecule has 1 aromatic carbocycles. The molecule has 1 aliphatic heterocycles. The van der Waals surface area contributed by atoms with E-state index < -0.39 is 0 Å². The second-order valence-corrected chi connectivity index (χ2v) is 4.99. The fourth-order valence-electron chi connectivity index (χ4n) is 1.91. The van der Waals surface area contributed by atoms with Gasteiger partial charge < -0.3 is 10.5 Å². The molecule has 1 aliphatic rings. The van der Waals surface area contributed by atoms with Crippen LogP contribution in [0.1, 0.15) is 31.2 Å². The number of ether oxygens (including phenoxy) is 1. The summed E-state index contributed by atoms with van der Waals surface area (Å²) in [5.74, 6) is 0.604. The van der Waals surface area contributed by atoms with Crippen LogP contribution in [-0.2, 0) is 4.79 Å². The van der Waals surface area contributed by atoms with Gasteiger partial charge in [0.2, 0.25) is 5.91 Å². The van der Waals surface area contributed by atoms with E-state index in [2.05, 4.69) is 10.5 Å². The second kappa shape index (κ2) is 7.26. The summed E-state index contributed by atoms with van der Waals surface area (Å²) in [5.41, 5.74) is 9.64. The molecular formula is C14H18ClN3O2. The van der Waals surface area contributed by atoms with E-state index in [0.29, 0.717) is 36.8 Å². The predicted molar refractivity (Wildman–Crippen MR) is 79.1 cm³/mol. The molecule has 0 radical (unpaired) electrons. The van der Waals surface area contributed by atoms with Gasteiger partial charge in [0.15, 0.2) is 0 Å². The topological polar surface area (TPSA) is 76.7 Å². The van der Waals surface area contributed by atoms with Crippen molar-refractivity contribution in [2.24, 2.45) is 10.8 Å². The molecule has 1 heterocycles. The lowest BCUT2D eigenvalue weighted by molar-refractivity contribution is -0.121. The van der Waals surface area contributed by atoms with Crippen LogP contribution < -0.4 is 15.9 Å². The fraction of sp³-hybridized carbons (Fsp3) is 0.429. The van der Waals surface area contributed by atoms with Gasteiger partial charge in [-0.1, -0.05) is 11.6 Å². The van der Waals surface area contributed by atoms with E-state index in [1.807, 2.05) is 18.2 Å². The lowest BCUT2D eigenvalue weighted by Gasteiger charge is -2.13. The number of rotatable bonds is 6. The van der Waals surface area contributed by atoms with Crippen molar-refractivity contribution < 1.29 is 9.53 Å². The number of carbonyl (C=O) groups is 1. The zero-order chi connectivity index (χ0) is 14.4. The zero-order valence-electron chi connectivity index (χ0n) is 11.2. The highest BCUT2D eigenvalue weighted by Crippen LogP contribution is 2.26. The third-order valence-electron chi connectivity index (χ3n) is 3.03. The Balaban J connectivity index is 2.00. The first-order valence-corrected chi connectivity index (χ1v) is 7.06. The van der Waals surface area contributed by atoms with Gasteiger partial charge in [0, 0.05) is 12.8 Å². The molecule has 108 valence electrons. The van der Waals surface area contributed by atoms with Crippen molar-refractivity contribution in [3.8, 4) is 5.75 Å². The van der Waals surface area contributed by atoms with Gasteiger partial charge in [-0.25, -0.2) is 5.43 Å². The molecule has 1 aromatic rings. The molecule has 2 rings (SSSR count). The van der Waals surface area contributed by atoms with E-state index in [0.717, 1.165) is 24.1 Å². The maximum Gasteiger partial charge on any atom is 0.240 e. The van der Waals surface area contributed by atoms with Crippen LogP contribution in [-0.4, -0.2) is 24.8 Å². The number of hydrogen-bond acceptors (Lipinski definition) is 4. The molecular weight excluding hydrogens is 278 g/mol. The van der Waals surface area contributed by atoms with Gasteiger partial charge in [0.25, 0.3) is 0 Å². The van der Waals surface area contributed by atoms with Crippen LogP contribution in [0.25, 0.3) is 0 Å². The van der Waals surface area contributed by atoms with E-state index in [1.165, 1.54) is 0 Å². The number of carbonyl (C=O) groups excluding carboxylic acids is 1. The third-order valence-corrected chi connectivity index (χ3v) is 3.32. The predicted octanol–water partition coefficient (Wildman–Crippen LogP) is 2.07. The standard InChI is InChI=1S/C14H18ClN3O2/c15-11-9-10(12-4-6-14(19)18-17-12)3-5-13(11)20-8-2-1-7-16/h3,5,9H,1-2,4,6-8,16H2,(H,18,19). The molecule has 0 saturated heterocycles. The third kappa shape index (κ3) is 3.95. The minimum absolute atomic E-state index is 0.0558. The van der Waals surface area contributed by atoms with Gasteiger partial charge in [-0.15, -0.1) is 0 Å². The molecule has 0 aromatic heterocycles. The molecule has 1 amide bonds. The highest BCUT2D eigenvalue weighted by molar-refractivity contribution is 6.32. The van der Waals surface area contributed by atoms with Crippen LogP contribution in [0.3, 0.4) is 0 Å². The summed E-state index contributed by atoms with van der Waals surface area (Å²) >= 11 is 6.20. The molecule has 20 heavy (non-hydrogen) atoms. The second-order valence-electron chi connectivity index (χ2n) is 4.58. The van der Waals surface area contributed by atoms with Crippen molar-refractivity contribution in [2.45, 2.75) is 25.7 Å². The Hall–Kier alpha value is -1.59. The van der Waals surface area contributed by atoms with Crippen molar-refractivity contribution in [1.29, 1.82) is 0 Å². The molecule has 0 saturated carbocycles. The minimum atomic E-state index is -0.0558. The maximum atomic E-state index is 11.1. The van der Waals surface area contributed by atoms with Crippen molar-refractivity contribution in [3.05, 3.63) is 28.8 Å². The van der Waals surface area contributed by atoms with Gasteiger partial charge >= 0.3 is 0 Å². The van der Waals surface area contributed by atoms with Gasteiger partial charge in [0.1, 0.15) is 5.75 Å². The summed E-state index contributed by atoms with van der Waals surface area (Å²) in [6.07, 6.45) is 2.92. The van der Waals surface area contributed by atoms with Crippen LogP contribution >= 0.6 is 11.6 Å². The molecule has 0 atom stereocenters. The lowest BCUT2D eigenvalue weighted by Crippen LogP contribution is -2.25. The Morgan fingerprint density at radius 2 is 2.20 bits per heavy atom. The van der Waals surface area contributed by atoms with Crippen LogP contribution in [0, 0.1) is 0 Å². The number of amides is 1. The van der Waals surface area contributed by atoms with Crippen molar-refractivity contribution in [3.63, 3.8) is 0 Å². The zero-order valence-corrected chi connectivity index (χ0v) is 11.9. The number of nitrogens with one attached hydrogen (secondary N) is 1. The molecule has 0 fully saturated rings. The Bertz CT molecular complexity index is 517. The normalized spacial score (nSPS) is 14.7. The summed E-state index contributed by atoms with van der Waals surface area (Å²) in [5, 5.41) is 4.59. The first-order chi connectivity index (χ1) is 9.70. The molecule has 5 nitrogen and oxygen atoms in total. The quantitative estimate of drug-likeness (QED) is 0.789. The van der Waals surface area contributed by atoms with E-state index in [1.54, 1.807) is 0 Å². The Morgan fingerprint density at radius 1 is 1.35 bits per heavy atom. The van der Waals surface area contributed by atoms with Gasteiger partial charge in [0.05, 0.1) is 17.3 Å². The average Bonchev–Trinajstić information content (AvgIpc) is 2.46. The van der Waals surface area contributed by atoms with Crippen LogP contribution in [0.4, 0.5) is 0 Å². The lowest BCUT2D eigenvalue weighted by atomic mass is 10.0. The number of hydrogen-bond donors (Lipinski definition) is 2. The fourth-order valence-corrected chi connectivity index (χ4v) is 2.14. The van der Waals surface area contributed by atoms with Crippen molar-refractivity contribution in [1.82, 2.24) is 5.43 Å². The molecule has 3 N–H and O–H groups in total. The summed E-state index contributed by atoms with van der Waals surface area (Å²) in [6, 6.07) is 5.55. The number of hydrazone groups is 1. The SMILES string of the molecule is NCCCCOc1ccc(C2=NNC(=O)CC2)cc1Cl. The first kappa shape index (κ1) is 14.8. The molecule has 0 bridgehead atoms. The summed E-state index contributed by atoms with van der Waals surface area (Å²) in [7, 11) is 0. The maximum absolute atomic E-state index is 11.1. The smallest absolute Gasteiger partial charge is 0.240 e. The van der Waals surface area contributed by atoms with E-state index in [-0.39, 0.29) is 5.91 Å². The van der Waals surface area contributed by atoms with Gasteiger partial charge in [-0.3, -0.25) is 4.79 Å². The van der Waals surface area contributed by atoms with E-state index in [9.17, 15) is 4.79 Å². The number of nitrogens with zero attached hydrogens (tertiary/aromatic N) is 1. The summed E-state index contributed by atoms with van der Waals surface area (Å²) in [6.45, 7) is 1.27. The molecule has 0 unspecified atom stereocenters. The van der Waals surface area contributed by atoms with E-state index >= 15 is 0 Å². The number of benzene rings is 1. The van der Waals surface area contributed by atoms with Crippen LogP contribution in [0.5, 0.6) is 5.75 Å². The average molecular weight is 296 g/mol. The summed E-state index contributed by atoms with van der Waals surface area (Å²) < 4.78 is 5.60. The largest absolute Gasteiger partial charge is 0.492 e. The highest BCUT2D eigenvalue weighted by atomic mass is 35.5. The highest BCUT2D eigenvalue weighted by Gasteiger charge is 2.14. The number of unbranched alkanes of at least 4 members (excludes halogenated alkanes) is 1. The Labute approximate surface area is 123 Å².